The second-order valence-electron chi connectivity index (χ2n) is 4.99. The van der Waals surface area contributed by atoms with Crippen LogP contribution in [-0.4, -0.2) is 38.3 Å². The SMILES string of the molecule is Cc1c(Cl)cccc1C(=O)NCCOC1CCNCC1. The summed E-state index contributed by atoms with van der Waals surface area (Å²) < 4.78 is 5.74. The van der Waals surface area contributed by atoms with Crippen LogP contribution in [0.1, 0.15) is 28.8 Å². The maximum atomic E-state index is 12.0. The number of amides is 1. The molecule has 1 fully saturated rings. The van der Waals surface area contributed by atoms with Crippen LogP contribution in [-0.2, 0) is 4.74 Å². The summed E-state index contributed by atoms with van der Waals surface area (Å²) in [6.45, 7) is 4.95. The van der Waals surface area contributed by atoms with Crippen molar-refractivity contribution in [2.45, 2.75) is 25.9 Å². The fraction of sp³-hybridized carbons (Fsp3) is 0.533. The van der Waals surface area contributed by atoms with Crippen molar-refractivity contribution in [1.29, 1.82) is 0 Å². The van der Waals surface area contributed by atoms with Gasteiger partial charge in [0.15, 0.2) is 0 Å². The summed E-state index contributed by atoms with van der Waals surface area (Å²) in [6, 6.07) is 5.36. The van der Waals surface area contributed by atoms with Gasteiger partial charge in [-0.15, -0.1) is 0 Å². The Labute approximate surface area is 124 Å². The third-order valence-electron chi connectivity index (χ3n) is 3.54. The van der Waals surface area contributed by atoms with E-state index in [4.69, 9.17) is 16.3 Å². The van der Waals surface area contributed by atoms with Crippen LogP contribution < -0.4 is 10.6 Å². The minimum absolute atomic E-state index is 0.0982. The highest BCUT2D eigenvalue weighted by molar-refractivity contribution is 6.31. The molecule has 110 valence electrons. The van der Waals surface area contributed by atoms with Crippen LogP contribution in [0, 0.1) is 6.92 Å². The van der Waals surface area contributed by atoms with Crippen LogP contribution in [0.5, 0.6) is 0 Å². The van der Waals surface area contributed by atoms with Gasteiger partial charge in [0.1, 0.15) is 0 Å². The standard InChI is InChI=1S/C15H21ClN2O2/c1-11-13(3-2-4-14(11)16)15(19)18-9-10-20-12-5-7-17-8-6-12/h2-4,12,17H,5-10H2,1H3,(H,18,19). The van der Waals surface area contributed by atoms with Gasteiger partial charge >= 0.3 is 0 Å². The predicted molar refractivity (Wildman–Crippen MR) is 80.4 cm³/mol. The molecule has 2 rings (SSSR count). The molecule has 1 aliphatic rings. The van der Waals surface area contributed by atoms with Crippen LogP contribution >= 0.6 is 11.6 Å². The summed E-state index contributed by atoms with van der Waals surface area (Å²) in [5.41, 5.74) is 1.44. The Kier molecular flexibility index (Phi) is 5.83. The summed E-state index contributed by atoms with van der Waals surface area (Å²) in [5.74, 6) is -0.0982. The van der Waals surface area contributed by atoms with E-state index in [2.05, 4.69) is 10.6 Å². The summed E-state index contributed by atoms with van der Waals surface area (Å²) in [6.07, 6.45) is 2.41. The third kappa shape index (κ3) is 4.20. The Morgan fingerprint density at radius 2 is 2.20 bits per heavy atom. The lowest BCUT2D eigenvalue weighted by Crippen LogP contribution is -2.34. The number of rotatable bonds is 5. The zero-order valence-electron chi connectivity index (χ0n) is 11.7. The van der Waals surface area contributed by atoms with Gasteiger partial charge in [0.25, 0.3) is 5.91 Å². The molecular formula is C15H21ClN2O2. The number of carbonyl (C=O) groups excluding carboxylic acids is 1. The number of benzene rings is 1. The molecule has 0 radical (unpaired) electrons. The molecule has 1 amide bonds. The highest BCUT2D eigenvalue weighted by atomic mass is 35.5. The minimum Gasteiger partial charge on any atom is -0.376 e. The van der Waals surface area contributed by atoms with E-state index in [0.717, 1.165) is 31.5 Å². The maximum absolute atomic E-state index is 12.0. The van der Waals surface area contributed by atoms with E-state index < -0.39 is 0 Å². The number of piperidine rings is 1. The molecule has 0 aliphatic carbocycles. The van der Waals surface area contributed by atoms with Crippen molar-refractivity contribution in [3.8, 4) is 0 Å². The van der Waals surface area contributed by atoms with E-state index >= 15 is 0 Å². The van der Waals surface area contributed by atoms with Gasteiger partial charge in [0.05, 0.1) is 12.7 Å². The van der Waals surface area contributed by atoms with Crippen molar-refractivity contribution < 1.29 is 9.53 Å². The Morgan fingerprint density at radius 1 is 1.45 bits per heavy atom. The second kappa shape index (κ2) is 7.62. The van der Waals surface area contributed by atoms with Crippen molar-refractivity contribution >= 4 is 17.5 Å². The molecule has 0 spiro atoms. The highest BCUT2D eigenvalue weighted by Gasteiger charge is 2.13. The highest BCUT2D eigenvalue weighted by Crippen LogP contribution is 2.18. The quantitative estimate of drug-likeness (QED) is 0.819. The molecule has 2 N–H and O–H groups in total. The lowest BCUT2D eigenvalue weighted by molar-refractivity contribution is 0.0343. The predicted octanol–water partition coefficient (Wildman–Crippen LogP) is 2.15. The fourth-order valence-corrected chi connectivity index (χ4v) is 2.48. The number of carbonyl (C=O) groups is 1. The van der Waals surface area contributed by atoms with Crippen LogP contribution in [0.25, 0.3) is 0 Å². The van der Waals surface area contributed by atoms with Crippen molar-refractivity contribution in [1.82, 2.24) is 10.6 Å². The average Bonchev–Trinajstić information content (AvgIpc) is 2.47. The molecule has 0 bridgehead atoms. The fourth-order valence-electron chi connectivity index (χ4n) is 2.30. The first-order chi connectivity index (χ1) is 9.68. The second-order valence-corrected chi connectivity index (χ2v) is 5.40. The van der Waals surface area contributed by atoms with Gasteiger partial charge in [0.2, 0.25) is 0 Å². The van der Waals surface area contributed by atoms with Gasteiger partial charge in [0, 0.05) is 17.1 Å². The first-order valence-corrected chi connectivity index (χ1v) is 7.42. The molecule has 0 unspecified atom stereocenters. The topological polar surface area (TPSA) is 50.4 Å². The summed E-state index contributed by atoms with van der Waals surface area (Å²) >= 11 is 6.01. The molecule has 4 nitrogen and oxygen atoms in total. The lowest BCUT2D eigenvalue weighted by atomic mass is 10.1. The molecule has 1 aromatic carbocycles. The number of halogens is 1. The normalized spacial score (nSPS) is 16.1. The van der Waals surface area contributed by atoms with E-state index in [1.54, 1.807) is 18.2 Å². The van der Waals surface area contributed by atoms with Crippen molar-refractivity contribution in [3.05, 3.63) is 34.3 Å². The first kappa shape index (κ1) is 15.3. The van der Waals surface area contributed by atoms with E-state index in [-0.39, 0.29) is 5.91 Å². The van der Waals surface area contributed by atoms with Crippen molar-refractivity contribution in [2.75, 3.05) is 26.2 Å². The molecule has 1 heterocycles. The number of hydrogen-bond donors (Lipinski definition) is 2. The summed E-state index contributed by atoms with van der Waals surface area (Å²) in [5, 5.41) is 6.78. The maximum Gasteiger partial charge on any atom is 0.251 e. The van der Waals surface area contributed by atoms with Crippen LogP contribution in [0.4, 0.5) is 0 Å². The zero-order valence-corrected chi connectivity index (χ0v) is 12.5. The molecule has 0 saturated carbocycles. The molecular weight excluding hydrogens is 276 g/mol. The number of hydrogen-bond acceptors (Lipinski definition) is 3. The molecule has 0 aromatic heterocycles. The van der Waals surface area contributed by atoms with Crippen LogP contribution in [0.2, 0.25) is 5.02 Å². The van der Waals surface area contributed by atoms with Crippen molar-refractivity contribution in [2.24, 2.45) is 0 Å². The monoisotopic (exact) mass is 296 g/mol. The molecule has 1 saturated heterocycles. The van der Waals surface area contributed by atoms with E-state index in [1.165, 1.54) is 0 Å². The van der Waals surface area contributed by atoms with Gasteiger partial charge in [-0.1, -0.05) is 17.7 Å². The minimum atomic E-state index is -0.0982. The smallest absolute Gasteiger partial charge is 0.251 e. The number of nitrogens with one attached hydrogen (secondary N) is 2. The van der Waals surface area contributed by atoms with Crippen LogP contribution in [0.3, 0.4) is 0 Å². The van der Waals surface area contributed by atoms with Crippen molar-refractivity contribution in [3.63, 3.8) is 0 Å². The molecule has 20 heavy (non-hydrogen) atoms. The lowest BCUT2D eigenvalue weighted by Gasteiger charge is -2.23. The van der Waals surface area contributed by atoms with Gasteiger partial charge in [-0.05, 0) is 50.6 Å². The largest absolute Gasteiger partial charge is 0.376 e. The molecule has 1 aromatic rings. The van der Waals surface area contributed by atoms with Gasteiger partial charge in [-0.2, -0.15) is 0 Å². The van der Waals surface area contributed by atoms with E-state index in [9.17, 15) is 4.79 Å². The van der Waals surface area contributed by atoms with Crippen LogP contribution in [0.15, 0.2) is 18.2 Å². The van der Waals surface area contributed by atoms with E-state index in [0.29, 0.717) is 29.8 Å². The zero-order chi connectivity index (χ0) is 14.4. The molecule has 5 heteroatoms. The summed E-state index contributed by atoms with van der Waals surface area (Å²) in [4.78, 5) is 12.0. The van der Waals surface area contributed by atoms with E-state index in [1.807, 2.05) is 6.92 Å². The summed E-state index contributed by atoms with van der Waals surface area (Å²) in [7, 11) is 0. The Hall–Kier alpha value is -1.10. The third-order valence-corrected chi connectivity index (χ3v) is 3.95. The Bertz CT molecular complexity index is 459. The van der Waals surface area contributed by atoms with Gasteiger partial charge < -0.3 is 15.4 Å². The molecule has 1 aliphatic heterocycles. The Balaban J connectivity index is 1.73. The molecule has 0 atom stereocenters. The van der Waals surface area contributed by atoms with Gasteiger partial charge in [-0.25, -0.2) is 0 Å². The number of ether oxygens (including phenoxy) is 1. The van der Waals surface area contributed by atoms with Gasteiger partial charge in [-0.3, -0.25) is 4.79 Å². The first-order valence-electron chi connectivity index (χ1n) is 7.04. The average molecular weight is 297 g/mol. The Morgan fingerprint density at radius 3 is 2.95 bits per heavy atom.